The van der Waals surface area contributed by atoms with Gasteiger partial charge >= 0.3 is 0 Å². The Bertz CT molecular complexity index is 1060. The lowest BCUT2D eigenvalue weighted by Gasteiger charge is -2.31. The predicted octanol–water partition coefficient (Wildman–Crippen LogP) is 3.21. The Hall–Kier alpha value is -2.42. The van der Waals surface area contributed by atoms with Gasteiger partial charge in [0.2, 0.25) is 21.8 Å². The molecular formula is C23H30ClN3O4S. The van der Waals surface area contributed by atoms with Gasteiger partial charge in [0.1, 0.15) is 6.04 Å². The monoisotopic (exact) mass is 479 g/mol. The van der Waals surface area contributed by atoms with Gasteiger partial charge in [0.25, 0.3) is 0 Å². The van der Waals surface area contributed by atoms with E-state index in [9.17, 15) is 18.0 Å². The third kappa shape index (κ3) is 6.54. The summed E-state index contributed by atoms with van der Waals surface area (Å²) in [5, 5.41) is 3.26. The Morgan fingerprint density at radius 1 is 1.03 bits per heavy atom. The summed E-state index contributed by atoms with van der Waals surface area (Å²) >= 11 is 6.27. The van der Waals surface area contributed by atoms with Crippen LogP contribution in [0.1, 0.15) is 31.9 Å². The first-order valence-electron chi connectivity index (χ1n) is 10.3. The summed E-state index contributed by atoms with van der Waals surface area (Å²) in [6.45, 7) is 6.78. The Kier molecular flexibility index (Phi) is 8.83. The van der Waals surface area contributed by atoms with E-state index in [2.05, 4.69) is 5.32 Å². The van der Waals surface area contributed by atoms with E-state index >= 15 is 0 Å². The standard InChI is InChI=1S/C23H30ClN3O4S/c1-16(2)25-23(29)18(4)27(14-19-8-6-7-9-21(19)24)22(28)15-26(5)32(30,31)20-12-10-17(3)11-13-20/h6-13,16,18H,14-15H2,1-5H3,(H,25,29). The number of aryl methyl sites for hydroxylation is 1. The van der Waals surface area contributed by atoms with Gasteiger partial charge in [-0.15, -0.1) is 0 Å². The van der Waals surface area contributed by atoms with Crippen molar-refractivity contribution in [1.82, 2.24) is 14.5 Å². The van der Waals surface area contributed by atoms with Crippen LogP contribution in [0, 0.1) is 6.92 Å². The van der Waals surface area contributed by atoms with Crippen LogP contribution in [0.3, 0.4) is 0 Å². The van der Waals surface area contributed by atoms with Gasteiger partial charge < -0.3 is 10.2 Å². The van der Waals surface area contributed by atoms with E-state index in [1.165, 1.54) is 24.1 Å². The van der Waals surface area contributed by atoms with Crippen LogP contribution in [-0.4, -0.2) is 55.1 Å². The topological polar surface area (TPSA) is 86.8 Å². The zero-order valence-electron chi connectivity index (χ0n) is 19.0. The summed E-state index contributed by atoms with van der Waals surface area (Å²) in [7, 11) is -2.52. The van der Waals surface area contributed by atoms with E-state index in [-0.39, 0.29) is 23.4 Å². The second-order valence-electron chi connectivity index (χ2n) is 8.03. The van der Waals surface area contributed by atoms with E-state index in [4.69, 9.17) is 11.6 Å². The lowest BCUT2D eigenvalue weighted by Crippen LogP contribution is -2.51. The van der Waals surface area contributed by atoms with Crippen LogP contribution >= 0.6 is 11.6 Å². The van der Waals surface area contributed by atoms with Gasteiger partial charge in [-0.25, -0.2) is 8.42 Å². The first-order valence-corrected chi connectivity index (χ1v) is 12.1. The maximum Gasteiger partial charge on any atom is 0.243 e. The average molecular weight is 480 g/mol. The molecule has 0 aliphatic carbocycles. The van der Waals surface area contributed by atoms with Gasteiger partial charge in [-0.2, -0.15) is 4.31 Å². The highest BCUT2D eigenvalue weighted by molar-refractivity contribution is 7.89. The molecule has 32 heavy (non-hydrogen) atoms. The molecule has 2 rings (SSSR count). The van der Waals surface area contributed by atoms with E-state index in [0.29, 0.717) is 10.6 Å². The number of carbonyl (C=O) groups excluding carboxylic acids is 2. The zero-order valence-corrected chi connectivity index (χ0v) is 20.6. The van der Waals surface area contributed by atoms with Crippen molar-refractivity contribution in [3.05, 3.63) is 64.7 Å². The average Bonchev–Trinajstić information content (AvgIpc) is 2.72. The first-order chi connectivity index (χ1) is 14.9. The summed E-state index contributed by atoms with van der Waals surface area (Å²) in [4.78, 5) is 27.3. The van der Waals surface area contributed by atoms with E-state index in [1.807, 2.05) is 20.8 Å². The lowest BCUT2D eigenvalue weighted by atomic mass is 10.1. The minimum atomic E-state index is -3.87. The van der Waals surface area contributed by atoms with Crippen molar-refractivity contribution in [2.45, 2.75) is 51.2 Å². The number of sulfonamides is 1. The van der Waals surface area contributed by atoms with Crippen LogP contribution in [0.2, 0.25) is 5.02 Å². The minimum Gasteiger partial charge on any atom is -0.352 e. The SMILES string of the molecule is Cc1ccc(S(=O)(=O)N(C)CC(=O)N(Cc2ccccc2Cl)C(C)C(=O)NC(C)C)cc1. The maximum atomic E-state index is 13.2. The Labute approximate surface area is 195 Å². The number of hydrogen-bond donors (Lipinski definition) is 1. The van der Waals surface area contributed by atoms with E-state index in [0.717, 1.165) is 9.87 Å². The highest BCUT2D eigenvalue weighted by atomic mass is 35.5. The fraction of sp³-hybridized carbons (Fsp3) is 0.391. The van der Waals surface area contributed by atoms with Crippen LogP contribution in [0.25, 0.3) is 0 Å². The van der Waals surface area contributed by atoms with Crippen molar-refractivity contribution in [3.63, 3.8) is 0 Å². The number of rotatable bonds is 9. The molecule has 0 saturated heterocycles. The first kappa shape index (κ1) is 25.8. The molecule has 174 valence electrons. The molecule has 0 spiro atoms. The van der Waals surface area contributed by atoms with Gasteiger partial charge in [0, 0.05) is 24.7 Å². The molecule has 7 nitrogen and oxygen atoms in total. The van der Waals surface area contributed by atoms with Gasteiger partial charge in [-0.1, -0.05) is 47.5 Å². The fourth-order valence-electron chi connectivity index (χ4n) is 3.05. The van der Waals surface area contributed by atoms with Crippen molar-refractivity contribution < 1.29 is 18.0 Å². The number of benzene rings is 2. The van der Waals surface area contributed by atoms with Gasteiger partial charge in [0.05, 0.1) is 11.4 Å². The van der Waals surface area contributed by atoms with Gasteiger partial charge in [-0.3, -0.25) is 9.59 Å². The number of carbonyl (C=O) groups is 2. The number of likely N-dealkylation sites (N-methyl/N-ethyl adjacent to an activating group) is 1. The minimum absolute atomic E-state index is 0.0730. The third-order valence-electron chi connectivity index (χ3n) is 4.98. The van der Waals surface area contributed by atoms with Gasteiger partial charge in [0.15, 0.2) is 0 Å². The van der Waals surface area contributed by atoms with Crippen LogP contribution in [0.4, 0.5) is 0 Å². The van der Waals surface area contributed by atoms with E-state index in [1.54, 1.807) is 43.3 Å². The molecule has 2 amide bonds. The Morgan fingerprint density at radius 3 is 2.19 bits per heavy atom. The summed E-state index contributed by atoms with van der Waals surface area (Å²) in [5.74, 6) is -0.834. The summed E-state index contributed by atoms with van der Waals surface area (Å²) in [6, 6.07) is 12.5. The quantitative estimate of drug-likeness (QED) is 0.598. The van der Waals surface area contributed by atoms with Crippen molar-refractivity contribution >= 4 is 33.4 Å². The normalized spacial score (nSPS) is 12.6. The predicted molar refractivity (Wildman–Crippen MR) is 126 cm³/mol. The van der Waals surface area contributed by atoms with Gasteiger partial charge in [-0.05, 0) is 51.5 Å². The molecule has 1 unspecified atom stereocenters. The number of nitrogens with one attached hydrogen (secondary N) is 1. The Balaban J connectivity index is 2.29. The molecule has 0 fully saturated rings. The molecule has 0 saturated carbocycles. The van der Waals surface area contributed by atoms with Crippen LogP contribution in [-0.2, 0) is 26.2 Å². The second kappa shape index (κ2) is 10.9. The number of nitrogens with zero attached hydrogens (tertiary/aromatic N) is 2. The molecule has 0 aromatic heterocycles. The molecule has 1 atom stereocenters. The van der Waals surface area contributed by atoms with Crippen molar-refractivity contribution in [1.29, 1.82) is 0 Å². The number of halogens is 1. The second-order valence-corrected chi connectivity index (χ2v) is 10.5. The molecule has 0 bridgehead atoms. The summed E-state index contributed by atoms with van der Waals surface area (Å²) in [6.07, 6.45) is 0. The molecular weight excluding hydrogens is 450 g/mol. The Morgan fingerprint density at radius 2 is 1.62 bits per heavy atom. The van der Waals surface area contributed by atoms with Crippen LogP contribution < -0.4 is 5.32 Å². The third-order valence-corrected chi connectivity index (χ3v) is 7.17. The largest absolute Gasteiger partial charge is 0.352 e. The molecule has 0 radical (unpaired) electrons. The molecule has 0 aliphatic heterocycles. The summed E-state index contributed by atoms with van der Waals surface area (Å²) in [5.41, 5.74) is 1.59. The highest BCUT2D eigenvalue weighted by Crippen LogP contribution is 2.20. The molecule has 0 heterocycles. The molecule has 2 aromatic carbocycles. The highest BCUT2D eigenvalue weighted by Gasteiger charge is 2.30. The smallest absolute Gasteiger partial charge is 0.243 e. The molecule has 0 aliphatic rings. The van der Waals surface area contributed by atoms with Crippen molar-refractivity contribution in [3.8, 4) is 0 Å². The number of hydrogen-bond acceptors (Lipinski definition) is 4. The van der Waals surface area contributed by atoms with Crippen LogP contribution in [0.5, 0.6) is 0 Å². The fourth-order valence-corrected chi connectivity index (χ4v) is 4.37. The molecule has 9 heteroatoms. The van der Waals surface area contributed by atoms with E-state index < -0.39 is 28.5 Å². The number of amides is 2. The maximum absolute atomic E-state index is 13.2. The van der Waals surface area contributed by atoms with Crippen molar-refractivity contribution in [2.24, 2.45) is 0 Å². The van der Waals surface area contributed by atoms with Crippen molar-refractivity contribution in [2.75, 3.05) is 13.6 Å². The molecule has 1 N–H and O–H groups in total. The summed E-state index contributed by atoms with van der Waals surface area (Å²) < 4.78 is 26.8. The van der Waals surface area contributed by atoms with Crippen LogP contribution in [0.15, 0.2) is 53.4 Å². The lowest BCUT2D eigenvalue weighted by molar-refractivity contribution is -0.140. The zero-order chi connectivity index (χ0) is 24.1. The molecule has 2 aromatic rings.